The number of nitrogens with one attached hydrogen (secondary N) is 3. The SMILES string of the molecule is CCc1nc(-c2ccc(N/C(=C3\C(=O)Nc4ccc([N+](=O)[O-])cc43)c3ccc(CN4CCCCC4)cc3)cc2)c[nH]1. The summed E-state index contributed by atoms with van der Waals surface area (Å²) in [6.45, 7) is 5.17. The van der Waals surface area contributed by atoms with Gasteiger partial charge in [-0.3, -0.25) is 19.8 Å². The van der Waals surface area contributed by atoms with Crippen LogP contribution in [0.15, 0.2) is 72.9 Å². The first-order chi connectivity index (χ1) is 20.0. The molecule has 0 saturated carbocycles. The number of imidazole rings is 1. The summed E-state index contributed by atoms with van der Waals surface area (Å²) < 4.78 is 0. The minimum atomic E-state index is -0.444. The van der Waals surface area contributed by atoms with E-state index in [2.05, 4.69) is 44.6 Å². The van der Waals surface area contributed by atoms with Gasteiger partial charge in [-0.05, 0) is 55.3 Å². The fraction of sp³-hybridized carbons (Fsp3) is 0.250. The number of aromatic amines is 1. The number of hydrogen-bond acceptors (Lipinski definition) is 6. The lowest BCUT2D eigenvalue weighted by molar-refractivity contribution is -0.384. The number of benzene rings is 3. The molecule has 1 fully saturated rings. The first-order valence-electron chi connectivity index (χ1n) is 14.1. The molecule has 1 saturated heterocycles. The van der Waals surface area contributed by atoms with E-state index in [1.165, 1.54) is 37.0 Å². The maximum atomic E-state index is 13.3. The van der Waals surface area contributed by atoms with Gasteiger partial charge in [0.05, 0.1) is 21.9 Å². The molecule has 3 N–H and O–H groups in total. The van der Waals surface area contributed by atoms with E-state index in [0.29, 0.717) is 22.5 Å². The number of aromatic nitrogens is 2. The van der Waals surface area contributed by atoms with Gasteiger partial charge in [0.15, 0.2) is 0 Å². The van der Waals surface area contributed by atoms with Crippen molar-refractivity contribution in [3.63, 3.8) is 0 Å². The van der Waals surface area contributed by atoms with Crippen LogP contribution >= 0.6 is 0 Å². The molecule has 0 spiro atoms. The molecular formula is C32H32N6O3. The van der Waals surface area contributed by atoms with Gasteiger partial charge in [-0.1, -0.05) is 49.7 Å². The van der Waals surface area contributed by atoms with E-state index >= 15 is 0 Å². The average molecular weight is 549 g/mol. The number of aryl methyl sites for hydroxylation is 1. The Balaban J connectivity index is 1.37. The summed E-state index contributed by atoms with van der Waals surface area (Å²) in [6, 6.07) is 20.5. The number of piperidine rings is 1. The Kier molecular flexibility index (Phi) is 7.35. The molecule has 0 radical (unpaired) electrons. The van der Waals surface area contributed by atoms with E-state index < -0.39 is 4.92 Å². The van der Waals surface area contributed by atoms with Gasteiger partial charge in [0.2, 0.25) is 0 Å². The molecule has 0 atom stereocenters. The van der Waals surface area contributed by atoms with Crippen LogP contribution in [0.3, 0.4) is 0 Å². The van der Waals surface area contributed by atoms with Gasteiger partial charge in [0.25, 0.3) is 11.6 Å². The Morgan fingerprint density at radius 1 is 1.02 bits per heavy atom. The van der Waals surface area contributed by atoms with Gasteiger partial charge in [0, 0.05) is 53.8 Å². The second-order valence-corrected chi connectivity index (χ2v) is 10.5. The molecule has 2 aliphatic heterocycles. The molecule has 41 heavy (non-hydrogen) atoms. The second-order valence-electron chi connectivity index (χ2n) is 10.5. The van der Waals surface area contributed by atoms with Crippen molar-refractivity contribution in [2.75, 3.05) is 23.7 Å². The third-order valence-corrected chi connectivity index (χ3v) is 7.72. The Morgan fingerprint density at radius 3 is 2.46 bits per heavy atom. The van der Waals surface area contributed by atoms with Crippen molar-refractivity contribution in [3.05, 3.63) is 106 Å². The van der Waals surface area contributed by atoms with Crippen molar-refractivity contribution < 1.29 is 9.72 Å². The maximum Gasteiger partial charge on any atom is 0.270 e. The minimum Gasteiger partial charge on any atom is -0.354 e. The number of nitro benzene ring substituents is 1. The molecule has 4 aromatic rings. The van der Waals surface area contributed by atoms with Crippen LogP contribution < -0.4 is 10.6 Å². The third-order valence-electron chi connectivity index (χ3n) is 7.72. The van der Waals surface area contributed by atoms with Crippen molar-refractivity contribution >= 4 is 34.2 Å². The first kappa shape index (κ1) is 26.5. The van der Waals surface area contributed by atoms with Crippen LogP contribution in [0.2, 0.25) is 0 Å². The summed E-state index contributed by atoms with van der Waals surface area (Å²) in [6.07, 6.45) is 6.49. The van der Waals surface area contributed by atoms with E-state index in [9.17, 15) is 14.9 Å². The second kappa shape index (κ2) is 11.4. The molecule has 0 unspecified atom stereocenters. The number of hydrogen-bond donors (Lipinski definition) is 3. The molecule has 6 rings (SSSR count). The van der Waals surface area contributed by atoms with E-state index in [1.54, 1.807) is 6.07 Å². The van der Waals surface area contributed by atoms with Crippen molar-refractivity contribution in [1.82, 2.24) is 14.9 Å². The molecule has 3 heterocycles. The van der Waals surface area contributed by atoms with E-state index in [-0.39, 0.29) is 11.6 Å². The highest BCUT2D eigenvalue weighted by Gasteiger charge is 2.30. The van der Waals surface area contributed by atoms with Gasteiger partial charge in [-0.2, -0.15) is 0 Å². The monoisotopic (exact) mass is 548 g/mol. The Hall–Kier alpha value is -4.76. The molecule has 1 aromatic heterocycles. The Labute approximate surface area is 238 Å². The van der Waals surface area contributed by atoms with Crippen molar-refractivity contribution in [3.8, 4) is 11.3 Å². The van der Waals surface area contributed by atoms with Crippen LogP contribution in [-0.2, 0) is 17.8 Å². The van der Waals surface area contributed by atoms with E-state index in [1.807, 2.05) is 42.6 Å². The van der Waals surface area contributed by atoms with Crippen LogP contribution in [0.1, 0.15) is 48.7 Å². The van der Waals surface area contributed by atoms with Crippen molar-refractivity contribution in [1.29, 1.82) is 0 Å². The summed E-state index contributed by atoms with van der Waals surface area (Å²) in [5, 5.41) is 17.9. The molecule has 3 aromatic carbocycles. The van der Waals surface area contributed by atoms with Crippen molar-refractivity contribution in [2.45, 2.75) is 39.2 Å². The zero-order valence-electron chi connectivity index (χ0n) is 22.9. The molecule has 0 aliphatic carbocycles. The quantitative estimate of drug-likeness (QED) is 0.132. The Bertz CT molecular complexity index is 1620. The van der Waals surface area contributed by atoms with Gasteiger partial charge in [0.1, 0.15) is 5.82 Å². The standard InChI is InChI=1S/C32H32N6O3/c1-2-29-33-19-28(35-29)22-10-12-24(13-11-22)34-31(23-8-6-21(7-9-23)20-37-16-4-3-5-17-37)30-26-18-25(38(40)41)14-15-27(26)36-32(30)39/h6-15,18-19,34H,2-5,16-17,20H2,1H3,(H,33,35)(H,36,39)/b31-30-. The number of rotatable bonds is 8. The lowest BCUT2D eigenvalue weighted by Gasteiger charge is -2.26. The summed E-state index contributed by atoms with van der Waals surface area (Å²) in [4.78, 5) is 34.7. The number of nitro groups is 1. The lowest BCUT2D eigenvalue weighted by Crippen LogP contribution is -2.29. The Morgan fingerprint density at radius 2 is 1.78 bits per heavy atom. The molecule has 0 bridgehead atoms. The zero-order chi connectivity index (χ0) is 28.3. The summed E-state index contributed by atoms with van der Waals surface area (Å²) in [7, 11) is 0. The predicted octanol–water partition coefficient (Wildman–Crippen LogP) is 6.47. The van der Waals surface area contributed by atoms with Crippen LogP contribution in [0.4, 0.5) is 17.1 Å². The zero-order valence-corrected chi connectivity index (χ0v) is 22.9. The summed E-state index contributed by atoms with van der Waals surface area (Å²) >= 11 is 0. The first-order valence-corrected chi connectivity index (χ1v) is 14.1. The van der Waals surface area contributed by atoms with Crippen LogP contribution in [0, 0.1) is 10.1 Å². The highest BCUT2D eigenvalue weighted by molar-refractivity contribution is 6.37. The largest absolute Gasteiger partial charge is 0.354 e. The maximum absolute atomic E-state index is 13.3. The van der Waals surface area contributed by atoms with Crippen molar-refractivity contribution in [2.24, 2.45) is 0 Å². The summed E-state index contributed by atoms with van der Waals surface area (Å²) in [5.74, 6) is 0.624. The van der Waals surface area contributed by atoms with Crippen LogP contribution in [0.25, 0.3) is 22.5 Å². The number of carbonyl (C=O) groups excluding carboxylic acids is 1. The third kappa shape index (κ3) is 5.62. The average Bonchev–Trinajstić information content (AvgIpc) is 3.61. The fourth-order valence-corrected chi connectivity index (χ4v) is 5.51. The predicted molar refractivity (Wildman–Crippen MR) is 161 cm³/mol. The molecule has 1 amide bonds. The molecule has 2 aliphatic rings. The van der Waals surface area contributed by atoms with Gasteiger partial charge in [-0.15, -0.1) is 0 Å². The topological polar surface area (TPSA) is 116 Å². The molecule has 9 nitrogen and oxygen atoms in total. The number of non-ortho nitro benzene ring substituents is 1. The number of fused-ring (bicyclic) bond motifs is 1. The number of nitrogens with zero attached hydrogens (tertiary/aromatic N) is 3. The molecular weight excluding hydrogens is 516 g/mol. The van der Waals surface area contributed by atoms with Crippen LogP contribution in [0.5, 0.6) is 0 Å². The number of likely N-dealkylation sites (tertiary alicyclic amines) is 1. The smallest absolute Gasteiger partial charge is 0.270 e. The van der Waals surface area contributed by atoms with Gasteiger partial charge < -0.3 is 15.6 Å². The van der Waals surface area contributed by atoms with E-state index in [4.69, 9.17) is 0 Å². The number of amides is 1. The van der Waals surface area contributed by atoms with Gasteiger partial charge >= 0.3 is 0 Å². The highest BCUT2D eigenvalue weighted by atomic mass is 16.6. The van der Waals surface area contributed by atoms with E-state index in [0.717, 1.165) is 54.4 Å². The number of carbonyl (C=O) groups is 1. The molecule has 9 heteroatoms. The number of anilines is 2. The molecule has 208 valence electrons. The van der Waals surface area contributed by atoms with Gasteiger partial charge in [-0.25, -0.2) is 4.98 Å². The fourth-order valence-electron chi connectivity index (χ4n) is 5.51. The summed E-state index contributed by atoms with van der Waals surface area (Å²) in [5.41, 5.74) is 6.61. The van der Waals surface area contributed by atoms with Crippen LogP contribution in [-0.4, -0.2) is 38.8 Å². The number of H-pyrrole nitrogens is 1. The minimum absolute atomic E-state index is 0.0659. The lowest BCUT2D eigenvalue weighted by atomic mass is 9.98. The highest BCUT2D eigenvalue weighted by Crippen LogP contribution is 2.39. The normalized spacial score (nSPS) is 16.3.